The van der Waals surface area contributed by atoms with E-state index < -0.39 is 19.8 Å². The van der Waals surface area contributed by atoms with Crippen LogP contribution in [-0.4, -0.2) is 24.2 Å². The predicted octanol–water partition coefficient (Wildman–Crippen LogP) is 5.64. The second-order valence-corrected chi connectivity index (χ2v) is 13.2. The van der Waals surface area contributed by atoms with Crippen LogP contribution in [0.2, 0.25) is 25.7 Å². The van der Waals surface area contributed by atoms with Gasteiger partial charge in [0.15, 0.2) is 0 Å². The fourth-order valence-corrected chi connectivity index (χ4v) is 3.23. The van der Waals surface area contributed by atoms with Crippen molar-refractivity contribution in [2.45, 2.75) is 38.6 Å². The van der Waals surface area contributed by atoms with Crippen molar-refractivity contribution in [3.8, 4) is 11.4 Å². The summed E-state index contributed by atoms with van der Waals surface area (Å²) < 4.78 is 46.1. The number of nitrogens with zero attached hydrogens (tertiary/aromatic N) is 2. The van der Waals surface area contributed by atoms with E-state index in [1.165, 1.54) is 12.1 Å². The van der Waals surface area contributed by atoms with E-state index in [1.54, 1.807) is 10.8 Å². The number of rotatable bonds is 6. The number of aromatic nitrogens is 2. The molecule has 0 saturated carbocycles. The van der Waals surface area contributed by atoms with E-state index >= 15 is 0 Å². The normalized spacial score (nSPS) is 12.6. The molecule has 1 heterocycles. The molecule has 3 nitrogen and oxygen atoms in total. The third kappa shape index (κ3) is 5.46. The molecule has 0 unspecified atom stereocenters. The van der Waals surface area contributed by atoms with Gasteiger partial charge in [0.2, 0.25) is 0 Å². The number of ether oxygens (including phenoxy) is 1. The van der Waals surface area contributed by atoms with Crippen LogP contribution in [0.3, 0.4) is 0 Å². The van der Waals surface area contributed by atoms with E-state index in [2.05, 4.69) is 40.6 Å². The number of hydrogen-bond acceptors (Lipinski definition) is 2. The maximum atomic E-state index is 12.7. The van der Waals surface area contributed by atoms with Gasteiger partial charge in [-0.1, -0.05) is 31.8 Å². The minimum Gasteiger partial charge on any atom is -0.361 e. The van der Waals surface area contributed by atoms with E-state index in [1.807, 2.05) is 0 Å². The number of imidazole rings is 1. The highest BCUT2D eigenvalue weighted by molar-refractivity contribution is 9.10. The maximum absolute atomic E-state index is 12.7. The summed E-state index contributed by atoms with van der Waals surface area (Å²) in [6.45, 7) is 7.81. The van der Waals surface area contributed by atoms with Crippen LogP contribution in [0.1, 0.15) is 5.56 Å². The Bertz CT molecular complexity index is 678. The Kier molecular flexibility index (Phi) is 5.93. The van der Waals surface area contributed by atoms with Gasteiger partial charge in [-0.2, -0.15) is 13.2 Å². The van der Waals surface area contributed by atoms with Crippen LogP contribution in [0.4, 0.5) is 13.2 Å². The van der Waals surface area contributed by atoms with Crippen molar-refractivity contribution in [3.63, 3.8) is 0 Å². The molecular formula is C16H20BrF3N2OSi. The van der Waals surface area contributed by atoms with E-state index in [-0.39, 0.29) is 0 Å². The monoisotopic (exact) mass is 420 g/mol. The van der Waals surface area contributed by atoms with E-state index in [0.717, 1.165) is 18.2 Å². The van der Waals surface area contributed by atoms with Crippen molar-refractivity contribution in [2.75, 3.05) is 6.61 Å². The highest BCUT2D eigenvalue weighted by Crippen LogP contribution is 2.31. The SMILES string of the molecule is C[Si](C)(C)CCOCn1cc(Br)nc1-c1ccc(C(F)(F)F)cc1. The largest absolute Gasteiger partial charge is 0.416 e. The summed E-state index contributed by atoms with van der Waals surface area (Å²) >= 11 is 3.31. The molecular weight excluding hydrogens is 401 g/mol. The van der Waals surface area contributed by atoms with Crippen molar-refractivity contribution in [1.29, 1.82) is 0 Å². The van der Waals surface area contributed by atoms with Gasteiger partial charge in [0.1, 0.15) is 17.2 Å². The molecule has 2 rings (SSSR count). The van der Waals surface area contributed by atoms with Crippen molar-refractivity contribution >= 4 is 24.0 Å². The molecule has 0 aliphatic rings. The van der Waals surface area contributed by atoms with Gasteiger partial charge in [-0.05, 0) is 34.1 Å². The Hall–Kier alpha value is -1.12. The number of alkyl halides is 3. The zero-order valence-electron chi connectivity index (χ0n) is 13.8. The van der Waals surface area contributed by atoms with Crippen LogP contribution in [0.15, 0.2) is 35.1 Å². The molecule has 24 heavy (non-hydrogen) atoms. The fourth-order valence-electron chi connectivity index (χ4n) is 2.06. The standard InChI is InChI=1S/C16H20BrF3N2OSi/c1-24(2,3)9-8-23-11-22-10-14(17)21-15(22)12-4-6-13(7-5-12)16(18,19)20/h4-7,10H,8-9,11H2,1-3H3. The maximum Gasteiger partial charge on any atom is 0.416 e. The Morgan fingerprint density at radius 2 is 1.79 bits per heavy atom. The minimum absolute atomic E-state index is 0.319. The average molecular weight is 421 g/mol. The quantitative estimate of drug-likeness (QED) is 0.446. The molecule has 2 aromatic rings. The summed E-state index contributed by atoms with van der Waals surface area (Å²) in [5.74, 6) is 0.573. The fraction of sp³-hybridized carbons (Fsp3) is 0.438. The molecule has 8 heteroatoms. The molecule has 132 valence electrons. The van der Waals surface area contributed by atoms with Gasteiger partial charge in [0, 0.05) is 26.4 Å². The van der Waals surface area contributed by atoms with Gasteiger partial charge in [-0.25, -0.2) is 4.98 Å². The average Bonchev–Trinajstić information content (AvgIpc) is 2.83. The predicted molar refractivity (Wildman–Crippen MR) is 94.5 cm³/mol. The van der Waals surface area contributed by atoms with Crippen LogP contribution in [0.5, 0.6) is 0 Å². The van der Waals surface area contributed by atoms with Gasteiger partial charge in [-0.3, -0.25) is 0 Å². The number of hydrogen-bond donors (Lipinski definition) is 0. The third-order valence-electron chi connectivity index (χ3n) is 3.44. The molecule has 0 bridgehead atoms. The van der Waals surface area contributed by atoms with Gasteiger partial charge in [-0.15, -0.1) is 0 Å². The van der Waals surface area contributed by atoms with Crippen LogP contribution in [0.25, 0.3) is 11.4 Å². The van der Waals surface area contributed by atoms with Crippen LogP contribution < -0.4 is 0 Å². The van der Waals surface area contributed by atoms with Crippen molar-refractivity contribution in [3.05, 3.63) is 40.6 Å². The van der Waals surface area contributed by atoms with E-state index in [9.17, 15) is 13.2 Å². The highest BCUT2D eigenvalue weighted by Gasteiger charge is 2.30. The molecule has 0 amide bonds. The Morgan fingerprint density at radius 1 is 1.17 bits per heavy atom. The van der Waals surface area contributed by atoms with Gasteiger partial charge in [0.25, 0.3) is 0 Å². The lowest BCUT2D eigenvalue weighted by atomic mass is 10.1. The summed E-state index contributed by atoms with van der Waals surface area (Å²) in [5, 5.41) is 0. The van der Waals surface area contributed by atoms with Crippen molar-refractivity contribution in [1.82, 2.24) is 9.55 Å². The second-order valence-electron chi connectivity index (χ2n) is 6.78. The van der Waals surface area contributed by atoms with Crippen molar-refractivity contribution < 1.29 is 17.9 Å². The van der Waals surface area contributed by atoms with Crippen molar-refractivity contribution in [2.24, 2.45) is 0 Å². The van der Waals surface area contributed by atoms with E-state index in [4.69, 9.17) is 4.74 Å². The summed E-state index contributed by atoms with van der Waals surface area (Å²) in [6.07, 6.45) is -2.57. The molecule has 0 saturated heterocycles. The lowest BCUT2D eigenvalue weighted by molar-refractivity contribution is -0.137. The lowest BCUT2D eigenvalue weighted by Crippen LogP contribution is -2.22. The lowest BCUT2D eigenvalue weighted by Gasteiger charge is -2.16. The first-order valence-electron chi connectivity index (χ1n) is 7.54. The Labute approximate surface area is 149 Å². The van der Waals surface area contributed by atoms with E-state index in [0.29, 0.717) is 29.3 Å². The number of halogens is 4. The molecule has 0 aliphatic carbocycles. The minimum atomic E-state index is -4.34. The summed E-state index contributed by atoms with van der Waals surface area (Å²) in [6, 6.07) is 6.04. The number of benzene rings is 1. The first-order chi connectivity index (χ1) is 11.1. The zero-order valence-corrected chi connectivity index (χ0v) is 16.4. The van der Waals surface area contributed by atoms with Crippen LogP contribution in [-0.2, 0) is 17.6 Å². The summed E-state index contributed by atoms with van der Waals surface area (Å²) in [7, 11) is -1.16. The Balaban J connectivity index is 2.11. The molecule has 1 aromatic heterocycles. The first kappa shape index (κ1) is 19.2. The first-order valence-corrected chi connectivity index (χ1v) is 12.0. The Morgan fingerprint density at radius 3 is 2.33 bits per heavy atom. The van der Waals surface area contributed by atoms with Crippen LogP contribution >= 0.6 is 15.9 Å². The topological polar surface area (TPSA) is 27.1 Å². The second kappa shape index (κ2) is 7.41. The van der Waals surface area contributed by atoms with Gasteiger partial charge < -0.3 is 9.30 Å². The molecule has 0 fully saturated rings. The molecule has 0 N–H and O–H groups in total. The molecule has 0 spiro atoms. The zero-order chi connectivity index (χ0) is 18.0. The summed E-state index contributed by atoms with van der Waals surface area (Å²) in [4.78, 5) is 4.33. The molecule has 0 aliphatic heterocycles. The van der Waals surface area contributed by atoms with Gasteiger partial charge >= 0.3 is 6.18 Å². The molecule has 0 atom stereocenters. The smallest absolute Gasteiger partial charge is 0.361 e. The third-order valence-corrected chi connectivity index (χ3v) is 5.53. The summed E-state index contributed by atoms with van der Waals surface area (Å²) in [5.41, 5.74) is -0.0581. The van der Waals surface area contributed by atoms with Gasteiger partial charge in [0.05, 0.1) is 5.56 Å². The molecule has 0 radical (unpaired) electrons. The van der Waals surface area contributed by atoms with Crippen LogP contribution in [0, 0.1) is 0 Å². The highest BCUT2D eigenvalue weighted by atomic mass is 79.9. The molecule has 1 aromatic carbocycles.